The number of hydrogen-bond acceptors (Lipinski definition) is 3. The molecule has 0 aliphatic carbocycles. The Morgan fingerprint density at radius 2 is 2.04 bits per heavy atom. The predicted molar refractivity (Wildman–Crippen MR) is 86.6 cm³/mol. The molecule has 2 aliphatic heterocycles. The van der Waals surface area contributed by atoms with Gasteiger partial charge in [-0.2, -0.15) is 13.2 Å². The first-order valence-corrected chi connectivity index (χ1v) is 8.63. The number of hydrogen-bond donors (Lipinski definition) is 2. The Kier molecular flexibility index (Phi) is 4.91. The molecule has 0 radical (unpaired) electrons. The van der Waals surface area contributed by atoms with E-state index in [0.717, 1.165) is 32.0 Å². The number of rotatable bonds is 2. The van der Waals surface area contributed by atoms with E-state index < -0.39 is 23.4 Å². The Hall–Kier alpha value is -1.11. The van der Waals surface area contributed by atoms with Gasteiger partial charge in [-0.25, -0.2) is 0 Å². The van der Waals surface area contributed by atoms with E-state index in [1.54, 1.807) is 19.1 Å². The zero-order valence-corrected chi connectivity index (χ0v) is 13.9. The van der Waals surface area contributed by atoms with E-state index in [2.05, 4.69) is 10.2 Å². The van der Waals surface area contributed by atoms with Crippen LogP contribution in [0.1, 0.15) is 49.8 Å². The topological polar surface area (TPSA) is 35.5 Å². The molecule has 2 fully saturated rings. The molecule has 0 aromatic heterocycles. The first kappa shape index (κ1) is 17.7. The van der Waals surface area contributed by atoms with Crippen LogP contribution in [-0.4, -0.2) is 41.3 Å². The van der Waals surface area contributed by atoms with E-state index >= 15 is 0 Å². The molecule has 0 amide bonds. The maximum Gasteiger partial charge on any atom is 0.416 e. The van der Waals surface area contributed by atoms with Gasteiger partial charge in [0.15, 0.2) is 0 Å². The normalized spacial score (nSPS) is 32.7. The van der Waals surface area contributed by atoms with Crippen LogP contribution in [0, 0.1) is 0 Å². The molecule has 2 N–H and O–H groups in total. The summed E-state index contributed by atoms with van der Waals surface area (Å²) in [5.41, 5.74) is -1.22. The van der Waals surface area contributed by atoms with Gasteiger partial charge in [0.2, 0.25) is 0 Å². The fourth-order valence-electron chi connectivity index (χ4n) is 4.05. The van der Waals surface area contributed by atoms with Crippen molar-refractivity contribution in [1.29, 1.82) is 0 Å². The molecule has 2 unspecified atom stereocenters. The molecule has 0 spiro atoms. The van der Waals surface area contributed by atoms with Crippen molar-refractivity contribution in [3.05, 3.63) is 35.4 Å². The van der Waals surface area contributed by atoms with Gasteiger partial charge in [-0.15, -0.1) is 0 Å². The lowest BCUT2D eigenvalue weighted by Crippen LogP contribution is -2.53. The Bertz CT molecular complexity index is 568. The van der Waals surface area contributed by atoms with E-state index in [1.165, 1.54) is 6.07 Å². The summed E-state index contributed by atoms with van der Waals surface area (Å²) in [6.45, 7) is 4.11. The van der Waals surface area contributed by atoms with Crippen molar-refractivity contribution in [3.63, 3.8) is 0 Å². The SMILES string of the molecule is C[C@@]1(O)CCN(C2CCCNC2)C(c2ccccc2C(F)(F)F)C1. The minimum absolute atomic E-state index is 0.223. The third-order valence-electron chi connectivity index (χ3n) is 5.31. The second-order valence-electron chi connectivity index (χ2n) is 7.29. The zero-order chi connectivity index (χ0) is 17.4. The lowest BCUT2D eigenvalue weighted by Gasteiger charge is -2.48. The molecule has 3 atom stereocenters. The van der Waals surface area contributed by atoms with Crippen molar-refractivity contribution in [2.45, 2.75) is 56.5 Å². The van der Waals surface area contributed by atoms with Crippen LogP contribution in [-0.2, 0) is 6.18 Å². The van der Waals surface area contributed by atoms with Crippen LogP contribution in [0.5, 0.6) is 0 Å². The zero-order valence-electron chi connectivity index (χ0n) is 13.9. The number of nitrogens with zero attached hydrogens (tertiary/aromatic N) is 1. The standard InChI is InChI=1S/C18H25F3N2O/c1-17(24)8-10-23(13-5-4-9-22-12-13)16(11-17)14-6-2-3-7-15(14)18(19,20)21/h2-3,6-7,13,16,22,24H,4-5,8-12H2,1H3/t13?,16?,17-/m1/s1. The van der Waals surface area contributed by atoms with E-state index in [4.69, 9.17) is 0 Å². The van der Waals surface area contributed by atoms with Crippen molar-refractivity contribution < 1.29 is 18.3 Å². The average molecular weight is 342 g/mol. The Balaban J connectivity index is 1.97. The number of piperidine rings is 2. The quantitative estimate of drug-likeness (QED) is 0.865. The van der Waals surface area contributed by atoms with Gasteiger partial charge < -0.3 is 10.4 Å². The molecule has 24 heavy (non-hydrogen) atoms. The van der Waals surface area contributed by atoms with Crippen molar-refractivity contribution in [2.75, 3.05) is 19.6 Å². The molecule has 6 heteroatoms. The van der Waals surface area contributed by atoms with Gasteiger partial charge in [-0.05, 0) is 50.8 Å². The lowest BCUT2D eigenvalue weighted by atomic mass is 9.81. The summed E-state index contributed by atoms with van der Waals surface area (Å²) in [6, 6.07) is 5.62. The fourth-order valence-corrected chi connectivity index (χ4v) is 4.05. The first-order valence-electron chi connectivity index (χ1n) is 8.63. The van der Waals surface area contributed by atoms with Crippen LogP contribution >= 0.6 is 0 Å². The van der Waals surface area contributed by atoms with Gasteiger partial charge in [0, 0.05) is 25.2 Å². The largest absolute Gasteiger partial charge is 0.416 e. The number of nitrogens with one attached hydrogen (secondary N) is 1. The summed E-state index contributed by atoms with van der Waals surface area (Å²) < 4.78 is 40.4. The van der Waals surface area contributed by atoms with Crippen LogP contribution in [0.15, 0.2) is 24.3 Å². The van der Waals surface area contributed by atoms with Gasteiger partial charge in [0.1, 0.15) is 0 Å². The van der Waals surface area contributed by atoms with Crippen LogP contribution in [0.4, 0.5) is 13.2 Å². The summed E-state index contributed by atoms with van der Waals surface area (Å²) in [7, 11) is 0. The summed E-state index contributed by atoms with van der Waals surface area (Å²) >= 11 is 0. The third kappa shape index (κ3) is 3.76. The van der Waals surface area contributed by atoms with E-state index in [1.807, 2.05) is 0 Å². The molecule has 2 aliphatic rings. The highest BCUT2D eigenvalue weighted by Gasteiger charge is 2.43. The average Bonchev–Trinajstić information content (AvgIpc) is 2.54. The number of likely N-dealkylation sites (tertiary alicyclic amines) is 1. The van der Waals surface area contributed by atoms with Crippen LogP contribution in [0.3, 0.4) is 0 Å². The molecule has 134 valence electrons. The predicted octanol–water partition coefficient (Wildman–Crippen LogP) is 3.35. The lowest BCUT2D eigenvalue weighted by molar-refractivity contribution is -0.140. The fraction of sp³-hybridized carbons (Fsp3) is 0.667. The summed E-state index contributed by atoms with van der Waals surface area (Å²) in [5.74, 6) is 0. The minimum Gasteiger partial charge on any atom is -0.390 e. The Morgan fingerprint density at radius 1 is 1.29 bits per heavy atom. The van der Waals surface area contributed by atoms with Crippen molar-refractivity contribution in [3.8, 4) is 0 Å². The van der Waals surface area contributed by atoms with Gasteiger partial charge >= 0.3 is 6.18 Å². The molecule has 1 aromatic rings. The number of benzene rings is 1. The van der Waals surface area contributed by atoms with Crippen molar-refractivity contribution in [1.82, 2.24) is 10.2 Å². The van der Waals surface area contributed by atoms with Crippen molar-refractivity contribution >= 4 is 0 Å². The number of alkyl halides is 3. The molecule has 0 saturated carbocycles. The maximum atomic E-state index is 13.5. The minimum atomic E-state index is -4.38. The van der Waals surface area contributed by atoms with Gasteiger partial charge in [0.05, 0.1) is 11.2 Å². The molecule has 2 heterocycles. The van der Waals surface area contributed by atoms with E-state index in [0.29, 0.717) is 19.4 Å². The molecule has 3 nitrogen and oxygen atoms in total. The highest BCUT2D eigenvalue weighted by molar-refractivity contribution is 5.33. The second-order valence-corrected chi connectivity index (χ2v) is 7.29. The van der Waals surface area contributed by atoms with Gasteiger partial charge in [-0.3, -0.25) is 4.90 Å². The van der Waals surface area contributed by atoms with Crippen molar-refractivity contribution in [2.24, 2.45) is 0 Å². The van der Waals surface area contributed by atoms with Crippen LogP contribution < -0.4 is 5.32 Å². The molecular weight excluding hydrogens is 317 g/mol. The maximum absolute atomic E-state index is 13.5. The monoisotopic (exact) mass is 342 g/mol. The summed E-state index contributed by atoms with van der Waals surface area (Å²) in [5, 5.41) is 13.8. The number of halogens is 3. The van der Waals surface area contributed by atoms with Crippen LogP contribution in [0.2, 0.25) is 0 Å². The molecule has 2 saturated heterocycles. The van der Waals surface area contributed by atoms with E-state index in [-0.39, 0.29) is 11.6 Å². The van der Waals surface area contributed by atoms with Gasteiger partial charge in [0.25, 0.3) is 0 Å². The smallest absolute Gasteiger partial charge is 0.390 e. The third-order valence-corrected chi connectivity index (χ3v) is 5.31. The molecule has 0 bridgehead atoms. The number of aliphatic hydroxyl groups is 1. The highest BCUT2D eigenvalue weighted by Crippen LogP contribution is 2.43. The summed E-state index contributed by atoms with van der Waals surface area (Å²) in [6.07, 6.45) is -1.44. The van der Waals surface area contributed by atoms with E-state index in [9.17, 15) is 18.3 Å². The highest BCUT2D eigenvalue weighted by atomic mass is 19.4. The Morgan fingerprint density at radius 3 is 2.71 bits per heavy atom. The Labute approximate surface area is 140 Å². The van der Waals surface area contributed by atoms with Gasteiger partial charge in [-0.1, -0.05) is 18.2 Å². The first-order chi connectivity index (χ1) is 11.3. The molecule has 1 aromatic carbocycles. The van der Waals surface area contributed by atoms with Crippen LogP contribution in [0.25, 0.3) is 0 Å². The summed E-state index contributed by atoms with van der Waals surface area (Å²) in [4.78, 5) is 2.18. The molecular formula is C18H25F3N2O. The second kappa shape index (κ2) is 6.65. The molecule has 3 rings (SSSR count).